The van der Waals surface area contributed by atoms with E-state index in [1.165, 1.54) is 12.0 Å². The highest BCUT2D eigenvalue weighted by molar-refractivity contribution is 5.27. The second-order valence-electron chi connectivity index (χ2n) is 4.50. The molecule has 0 saturated carbocycles. The molecule has 0 spiro atoms. The summed E-state index contributed by atoms with van der Waals surface area (Å²) in [6.45, 7) is 9.06. The van der Waals surface area contributed by atoms with Crippen molar-refractivity contribution in [1.82, 2.24) is 0 Å². The van der Waals surface area contributed by atoms with Crippen LogP contribution in [0.3, 0.4) is 0 Å². The molecule has 0 aliphatic rings. The van der Waals surface area contributed by atoms with Crippen LogP contribution in [-0.4, -0.2) is 12.9 Å². The van der Waals surface area contributed by atoms with Crippen LogP contribution in [0.25, 0.3) is 0 Å². The van der Waals surface area contributed by atoms with Crippen LogP contribution < -0.4 is 4.74 Å². The molecule has 0 amide bonds. The van der Waals surface area contributed by atoms with E-state index in [2.05, 4.69) is 26.0 Å². The Kier molecular flexibility index (Phi) is 6.06. The maximum absolute atomic E-state index is 5.62. The topological polar surface area (TPSA) is 18.5 Å². The van der Waals surface area contributed by atoms with Gasteiger partial charge in [-0.05, 0) is 43.9 Å². The van der Waals surface area contributed by atoms with Gasteiger partial charge >= 0.3 is 0 Å². The van der Waals surface area contributed by atoms with Gasteiger partial charge in [-0.15, -0.1) is 0 Å². The van der Waals surface area contributed by atoms with Gasteiger partial charge in [-0.3, -0.25) is 0 Å². The van der Waals surface area contributed by atoms with Crippen LogP contribution in [0.5, 0.6) is 5.75 Å². The minimum atomic E-state index is -0.180. The molecule has 0 aromatic heterocycles. The van der Waals surface area contributed by atoms with Crippen molar-refractivity contribution < 1.29 is 9.47 Å². The summed E-state index contributed by atoms with van der Waals surface area (Å²) in [4.78, 5) is 0. The summed E-state index contributed by atoms with van der Waals surface area (Å²) in [5.74, 6) is 1.61. The van der Waals surface area contributed by atoms with Gasteiger partial charge in [0.15, 0.2) is 6.29 Å². The largest absolute Gasteiger partial charge is 0.465 e. The van der Waals surface area contributed by atoms with Crippen molar-refractivity contribution in [3.63, 3.8) is 0 Å². The summed E-state index contributed by atoms with van der Waals surface area (Å²) in [7, 11) is 0. The zero-order chi connectivity index (χ0) is 12.7. The SMILES string of the molecule is CCOC(C)Oc1ccc(CC(C)CC)cc1. The van der Waals surface area contributed by atoms with E-state index in [1.807, 2.05) is 26.0 Å². The van der Waals surface area contributed by atoms with E-state index in [9.17, 15) is 0 Å². The third-order valence-electron chi connectivity index (χ3n) is 2.91. The van der Waals surface area contributed by atoms with Gasteiger partial charge in [0.2, 0.25) is 0 Å². The third-order valence-corrected chi connectivity index (χ3v) is 2.91. The van der Waals surface area contributed by atoms with Crippen LogP contribution >= 0.6 is 0 Å². The Balaban J connectivity index is 2.49. The zero-order valence-corrected chi connectivity index (χ0v) is 11.4. The molecule has 0 fully saturated rings. The van der Waals surface area contributed by atoms with Crippen molar-refractivity contribution in [3.05, 3.63) is 29.8 Å². The lowest BCUT2D eigenvalue weighted by molar-refractivity contribution is -0.0613. The van der Waals surface area contributed by atoms with Crippen LogP contribution in [0.1, 0.15) is 39.7 Å². The normalized spacial score (nSPS) is 14.4. The lowest BCUT2D eigenvalue weighted by Crippen LogP contribution is -2.15. The molecular weight excluding hydrogens is 212 g/mol. The van der Waals surface area contributed by atoms with E-state index in [4.69, 9.17) is 9.47 Å². The molecule has 2 heteroatoms. The van der Waals surface area contributed by atoms with Crippen LogP contribution in [-0.2, 0) is 11.2 Å². The highest BCUT2D eigenvalue weighted by atomic mass is 16.7. The molecular formula is C15H24O2. The predicted molar refractivity (Wildman–Crippen MR) is 71.3 cm³/mol. The average Bonchev–Trinajstić information content (AvgIpc) is 2.32. The van der Waals surface area contributed by atoms with Gasteiger partial charge in [-0.25, -0.2) is 0 Å². The molecule has 17 heavy (non-hydrogen) atoms. The number of hydrogen-bond donors (Lipinski definition) is 0. The first-order valence-corrected chi connectivity index (χ1v) is 6.52. The fourth-order valence-electron chi connectivity index (χ4n) is 1.71. The molecule has 2 unspecified atom stereocenters. The lowest BCUT2D eigenvalue weighted by Gasteiger charge is -2.15. The van der Waals surface area contributed by atoms with Gasteiger partial charge in [0.05, 0.1) is 0 Å². The molecule has 1 aromatic rings. The van der Waals surface area contributed by atoms with Gasteiger partial charge in [0, 0.05) is 6.61 Å². The molecule has 0 bridgehead atoms. The summed E-state index contributed by atoms with van der Waals surface area (Å²) in [5, 5.41) is 0. The number of ether oxygens (including phenoxy) is 2. The minimum absolute atomic E-state index is 0.180. The molecule has 0 radical (unpaired) electrons. The summed E-state index contributed by atoms with van der Waals surface area (Å²) >= 11 is 0. The molecule has 0 aliphatic carbocycles. The molecule has 0 aliphatic heterocycles. The van der Waals surface area contributed by atoms with E-state index in [1.54, 1.807) is 0 Å². The van der Waals surface area contributed by atoms with Crippen molar-refractivity contribution in [2.75, 3.05) is 6.61 Å². The fraction of sp³-hybridized carbons (Fsp3) is 0.600. The summed E-state index contributed by atoms with van der Waals surface area (Å²) in [6, 6.07) is 8.32. The number of benzene rings is 1. The minimum Gasteiger partial charge on any atom is -0.465 e. The van der Waals surface area contributed by atoms with E-state index in [0.717, 1.165) is 18.1 Å². The van der Waals surface area contributed by atoms with Gasteiger partial charge in [-0.1, -0.05) is 32.4 Å². The van der Waals surface area contributed by atoms with Crippen molar-refractivity contribution in [2.24, 2.45) is 5.92 Å². The molecule has 2 atom stereocenters. The Hall–Kier alpha value is -1.02. The van der Waals surface area contributed by atoms with Gasteiger partial charge in [-0.2, -0.15) is 0 Å². The highest BCUT2D eigenvalue weighted by Crippen LogP contribution is 2.17. The maximum atomic E-state index is 5.62. The van der Waals surface area contributed by atoms with Crippen LogP contribution in [0.4, 0.5) is 0 Å². The summed E-state index contributed by atoms with van der Waals surface area (Å²) in [6.07, 6.45) is 2.18. The van der Waals surface area contributed by atoms with Gasteiger partial charge < -0.3 is 9.47 Å². The van der Waals surface area contributed by atoms with Crippen molar-refractivity contribution in [2.45, 2.75) is 46.8 Å². The standard InChI is InChI=1S/C15H24O2/c1-5-12(3)11-14-7-9-15(10-8-14)17-13(4)16-6-2/h7-10,12-13H,5-6,11H2,1-4H3. The second kappa shape index (κ2) is 7.33. The monoisotopic (exact) mass is 236 g/mol. The highest BCUT2D eigenvalue weighted by Gasteiger charge is 2.04. The van der Waals surface area contributed by atoms with Crippen LogP contribution in [0.2, 0.25) is 0 Å². The molecule has 1 rings (SSSR count). The Labute approximate surface area is 105 Å². The second-order valence-corrected chi connectivity index (χ2v) is 4.50. The molecule has 0 N–H and O–H groups in total. The van der Waals surface area contributed by atoms with Crippen molar-refractivity contribution >= 4 is 0 Å². The summed E-state index contributed by atoms with van der Waals surface area (Å²) < 4.78 is 11.0. The molecule has 0 heterocycles. The quantitative estimate of drug-likeness (QED) is 0.665. The average molecular weight is 236 g/mol. The third kappa shape index (κ3) is 5.22. The molecule has 1 aromatic carbocycles. The van der Waals surface area contributed by atoms with E-state index < -0.39 is 0 Å². The maximum Gasteiger partial charge on any atom is 0.196 e. The Morgan fingerprint density at radius 3 is 2.24 bits per heavy atom. The van der Waals surface area contributed by atoms with E-state index in [0.29, 0.717) is 6.61 Å². The first-order valence-electron chi connectivity index (χ1n) is 6.52. The van der Waals surface area contributed by atoms with Gasteiger partial charge in [0.1, 0.15) is 5.75 Å². The fourth-order valence-corrected chi connectivity index (χ4v) is 1.71. The van der Waals surface area contributed by atoms with Crippen LogP contribution in [0, 0.1) is 5.92 Å². The van der Waals surface area contributed by atoms with E-state index >= 15 is 0 Å². The zero-order valence-electron chi connectivity index (χ0n) is 11.4. The summed E-state index contributed by atoms with van der Waals surface area (Å²) in [5.41, 5.74) is 1.37. The van der Waals surface area contributed by atoms with E-state index in [-0.39, 0.29) is 6.29 Å². The molecule has 2 nitrogen and oxygen atoms in total. The van der Waals surface area contributed by atoms with Crippen molar-refractivity contribution in [3.8, 4) is 5.75 Å². The smallest absolute Gasteiger partial charge is 0.196 e. The van der Waals surface area contributed by atoms with Gasteiger partial charge in [0.25, 0.3) is 0 Å². The number of rotatable bonds is 7. The number of hydrogen-bond acceptors (Lipinski definition) is 2. The molecule has 0 saturated heterocycles. The first-order chi connectivity index (χ1) is 8.15. The Bertz CT molecular complexity index is 305. The predicted octanol–water partition coefficient (Wildman–Crippen LogP) is 4.04. The molecule has 96 valence electrons. The lowest BCUT2D eigenvalue weighted by atomic mass is 9.99. The van der Waals surface area contributed by atoms with Crippen molar-refractivity contribution in [1.29, 1.82) is 0 Å². The van der Waals surface area contributed by atoms with Crippen LogP contribution in [0.15, 0.2) is 24.3 Å². The Morgan fingerprint density at radius 1 is 1.06 bits per heavy atom. The Morgan fingerprint density at radius 2 is 1.71 bits per heavy atom. The first kappa shape index (κ1) is 14.0.